The number of carbonyl (C=O) groups is 3. The minimum absolute atomic E-state index is 0.153. The van der Waals surface area contributed by atoms with E-state index in [9.17, 15) is 19.5 Å². The van der Waals surface area contributed by atoms with E-state index in [0.29, 0.717) is 22.1 Å². The van der Waals surface area contributed by atoms with Crippen LogP contribution in [0.5, 0.6) is 5.75 Å². The molecule has 2 N–H and O–H groups in total. The Hall–Kier alpha value is -3.82. The van der Waals surface area contributed by atoms with E-state index >= 15 is 0 Å². The zero-order valence-electron chi connectivity index (χ0n) is 16.2. The average Bonchev–Trinajstić information content (AvgIpc) is 3.14. The zero-order valence-corrected chi connectivity index (χ0v) is 17.7. The number of rotatable bonds is 4. The molecule has 0 aliphatic heterocycles. The molecule has 2 amide bonds. The summed E-state index contributed by atoms with van der Waals surface area (Å²) in [6.07, 6.45) is 2.68. The molecule has 0 aliphatic rings. The Morgan fingerprint density at radius 3 is 2.44 bits per heavy atom. The molecule has 162 valence electrons. The normalized spacial score (nSPS) is 10.8. The summed E-state index contributed by atoms with van der Waals surface area (Å²) in [4.78, 5) is 39.2. The van der Waals surface area contributed by atoms with E-state index in [1.54, 1.807) is 6.07 Å². The van der Waals surface area contributed by atoms with Gasteiger partial charge in [0.2, 0.25) is 0 Å². The van der Waals surface area contributed by atoms with Crippen molar-refractivity contribution < 1.29 is 28.6 Å². The lowest BCUT2D eigenvalue weighted by Crippen LogP contribution is -2.36. The van der Waals surface area contributed by atoms with Crippen molar-refractivity contribution in [3.8, 4) is 5.75 Å². The molecule has 0 fully saturated rings. The summed E-state index contributed by atoms with van der Waals surface area (Å²) in [5.41, 5.74) is 1.22. The Morgan fingerprint density at radius 1 is 1.06 bits per heavy atom. The number of halogens is 2. The molecule has 4 aromatic rings. The van der Waals surface area contributed by atoms with Crippen molar-refractivity contribution in [1.29, 1.82) is 0 Å². The molecule has 0 spiro atoms. The van der Waals surface area contributed by atoms with Gasteiger partial charge in [-0.2, -0.15) is 0 Å². The highest BCUT2D eigenvalue weighted by atomic mass is 35.5. The van der Waals surface area contributed by atoms with Crippen LogP contribution >= 0.6 is 23.2 Å². The first kappa shape index (κ1) is 21.4. The summed E-state index contributed by atoms with van der Waals surface area (Å²) in [5, 5.41) is 16.7. The number of carbonyl (C=O) groups excluding carboxylic acids is 3. The Labute approximate surface area is 189 Å². The number of hydrogen-bond donors (Lipinski definition) is 2. The summed E-state index contributed by atoms with van der Waals surface area (Å²) >= 11 is 12.2. The SMILES string of the molecule is COc1ccc(C(=O)Nc2c(Cl)cncc2Cl)c2c1oc1ccc(NC(=O)C(=O)[O-])cc12. The number of amides is 2. The van der Waals surface area contributed by atoms with Crippen LogP contribution in [0.2, 0.25) is 10.0 Å². The molecule has 0 saturated carbocycles. The number of fused-ring (bicyclic) bond motifs is 3. The van der Waals surface area contributed by atoms with Gasteiger partial charge in [-0.05, 0) is 30.3 Å². The van der Waals surface area contributed by atoms with Gasteiger partial charge in [-0.25, -0.2) is 0 Å². The third kappa shape index (κ3) is 3.79. The van der Waals surface area contributed by atoms with Crippen molar-refractivity contribution in [2.24, 2.45) is 0 Å². The minimum atomic E-state index is -1.88. The highest BCUT2D eigenvalue weighted by molar-refractivity contribution is 6.40. The summed E-state index contributed by atoms with van der Waals surface area (Å²) in [6, 6.07) is 7.55. The molecule has 2 aromatic heterocycles. The number of nitrogens with zero attached hydrogens (tertiary/aromatic N) is 1. The Kier molecular flexibility index (Phi) is 5.60. The molecule has 2 aromatic carbocycles. The zero-order chi connectivity index (χ0) is 23.0. The third-order valence-electron chi connectivity index (χ3n) is 4.58. The number of benzene rings is 2. The molecule has 11 heteroatoms. The molecule has 0 unspecified atom stereocenters. The van der Waals surface area contributed by atoms with Crippen LogP contribution in [-0.4, -0.2) is 29.9 Å². The number of aromatic nitrogens is 1. The van der Waals surface area contributed by atoms with Gasteiger partial charge in [-0.3, -0.25) is 14.6 Å². The van der Waals surface area contributed by atoms with Gasteiger partial charge in [0.1, 0.15) is 11.6 Å². The largest absolute Gasteiger partial charge is 0.540 e. The van der Waals surface area contributed by atoms with Gasteiger partial charge in [-0.15, -0.1) is 0 Å². The molecule has 0 atom stereocenters. The van der Waals surface area contributed by atoms with Crippen molar-refractivity contribution in [1.82, 2.24) is 4.98 Å². The van der Waals surface area contributed by atoms with Crippen molar-refractivity contribution in [3.63, 3.8) is 0 Å². The molecule has 32 heavy (non-hydrogen) atoms. The molecule has 0 aliphatic carbocycles. The fourth-order valence-electron chi connectivity index (χ4n) is 3.18. The van der Waals surface area contributed by atoms with Gasteiger partial charge < -0.3 is 29.7 Å². The van der Waals surface area contributed by atoms with Crippen LogP contribution in [0.15, 0.2) is 47.1 Å². The topological polar surface area (TPSA) is 134 Å². The van der Waals surface area contributed by atoms with E-state index < -0.39 is 17.8 Å². The van der Waals surface area contributed by atoms with E-state index in [-0.39, 0.29) is 32.6 Å². The van der Waals surface area contributed by atoms with Crippen LogP contribution in [0.3, 0.4) is 0 Å². The number of anilines is 2. The third-order valence-corrected chi connectivity index (χ3v) is 5.16. The number of carboxylic acid groups (broad SMARTS) is 1. The molecule has 0 saturated heterocycles. The highest BCUT2D eigenvalue weighted by Gasteiger charge is 2.21. The molecular formula is C21H12Cl2N3O6-. The summed E-state index contributed by atoms with van der Waals surface area (Å²) < 4.78 is 11.2. The van der Waals surface area contributed by atoms with Crippen LogP contribution in [0.4, 0.5) is 11.4 Å². The smallest absolute Gasteiger partial charge is 0.271 e. The number of hydrogen-bond acceptors (Lipinski definition) is 7. The van der Waals surface area contributed by atoms with E-state index in [4.69, 9.17) is 32.4 Å². The lowest BCUT2D eigenvalue weighted by atomic mass is 10.0. The quantitative estimate of drug-likeness (QED) is 0.435. The lowest BCUT2D eigenvalue weighted by Gasteiger charge is -2.10. The Morgan fingerprint density at radius 2 is 1.78 bits per heavy atom. The minimum Gasteiger partial charge on any atom is -0.540 e. The molecule has 2 heterocycles. The van der Waals surface area contributed by atoms with Gasteiger partial charge in [0.05, 0.1) is 28.4 Å². The first-order valence-corrected chi connectivity index (χ1v) is 9.71. The Balaban J connectivity index is 1.87. The maximum absolute atomic E-state index is 13.1. The van der Waals surface area contributed by atoms with Gasteiger partial charge >= 0.3 is 0 Å². The predicted octanol–water partition coefficient (Wildman–Crippen LogP) is 3.24. The number of furan rings is 1. The number of ether oxygens (including phenoxy) is 1. The van der Waals surface area contributed by atoms with Crippen LogP contribution in [-0.2, 0) is 9.59 Å². The fourth-order valence-corrected chi connectivity index (χ4v) is 3.64. The van der Waals surface area contributed by atoms with Crippen molar-refractivity contribution >= 4 is 74.3 Å². The molecule has 4 rings (SSSR count). The molecule has 0 bridgehead atoms. The van der Waals surface area contributed by atoms with Crippen molar-refractivity contribution in [3.05, 3.63) is 58.3 Å². The summed E-state index contributed by atoms with van der Waals surface area (Å²) in [7, 11) is 1.45. The Bertz CT molecular complexity index is 1400. The second-order valence-electron chi connectivity index (χ2n) is 6.51. The van der Waals surface area contributed by atoms with E-state index in [1.165, 1.54) is 43.8 Å². The monoisotopic (exact) mass is 472 g/mol. The van der Waals surface area contributed by atoms with E-state index in [0.717, 1.165) is 0 Å². The molecule has 9 nitrogen and oxygen atoms in total. The second-order valence-corrected chi connectivity index (χ2v) is 7.32. The summed E-state index contributed by atoms with van der Waals surface area (Å²) in [5.74, 6) is -3.36. The first-order valence-electron chi connectivity index (χ1n) is 8.96. The van der Waals surface area contributed by atoms with Crippen molar-refractivity contribution in [2.75, 3.05) is 17.7 Å². The number of methoxy groups -OCH3 is 1. The maximum atomic E-state index is 13.1. The fraction of sp³-hybridized carbons (Fsp3) is 0.0476. The van der Waals surface area contributed by atoms with Crippen LogP contribution in [0.1, 0.15) is 10.4 Å². The summed E-state index contributed by atoms with van der Waals surface area (Å²) in [6.45, 7) is 0. The van der Waals surface area contributed by atoms with Crippen LogP contribution in [0, 0.1) is 0 Å². The number of pyridine rings is 1. The van der Waals surface area contributed by atoms with Gasteiger partial charge in [-0.1, -0.05) is 23.2 Å². The number of aliphatic carboxylic acids is 1. The van der Waals surface area contributed by atoms with Gasteiger partial charge in [0.15, 0.2) is 11.3 Å². The standard InChI is InChI=1S/C21H13Cl2N3O6/c1-31-15-5-3-10(19(27)26-17-12(22)7-24-8-13(17)23)16-11-6-9(25-20(28)21(29)30)2-4-14(11)32-18(15)16/h2-8H,1H3,(H,25,28)(H,29,30)(H,24,26,27)/p-1. The van der Waals surface area contributed by atoms with Crippen LogP contribution in [0.25, 0.3) is 21.9 Å². The number of carboxylic acids is 1. The van der Waals surface area contributed by atoms with Crippen LogP contribution < -0.4 is 20.5 Å². The molecular weight excluding hydrogens is 461 g/mol. The second kappa shape index (κ2) is 8.37. The molecule has 0 radical (unpaired) electrons. The van der Waals surface area contributed by atoms with Gasteiger partial charge in [0, 0.05) is 28.9 Å². The lowest BCUT2D eigenvalue weighted by molar-refractivity contribution is -0.299. The first-order chi connectivity index (χ1) is 15.3. The highest BCUT2D eigenvalue weighted by Crippen LogP contribution is 2.39. The predicted molar refractivity (Wildman–Crippen MR) is 116 cm³/mol. The average molecular weight is 473 g/mol. The maximum Gasteiger partial charge on any atom is 0.271 e. The van der Waals surface area contributed by atoms with E-state index in [1.807, 2.05) is 0 Å². The number of nitrogens with one attached hydrogen (secondary N) is 2. The van der Waals surface area contributed by atoms with Crippen molar-refractivity contribution in [2.45, 2.75) is 0 Å². The van der Waals surface area contributed by atoms with Gasteiger partial charge in [0.25, 0.3) is 11.8 Å². The van der Waals surface area contributed by atoms with E-state index in [2.05, 4.69) is 15.6 Å².